The molecule has 1 aliphatic rings. The number of nitrogens with zero attached hydrogens (tertiary/aromatic N) is 1. The molecule has 0 spiro atoms. The van der Waals surface area contributed by atoms with E-state index in [-0.39, 0.29) is 0 Å². The number of rotatable bonds is 3. The second-order valence-electron chi connectivity index (χ2n) is 5.66. The smallest absolute Gasteiger partial charge is 0.0589 e. The van der Waals surface area contributed by atoms with Gasteiger partial charge in [0.05, 0.1) is 6.61 Å². The van der Waals surface area contributed by atoms with Crippen molar-refractivity contribution < 1.29 is 4.74 Å². The lowest BCUT2D eigenvalue weighted by molar-refractivity contribution is 0.0663. The van der Waals surface area contributed by atoms with Crippen LogP contribution in [0.5, 0.6) is 0 Å². The fourth-order valence-electron chi connectivity index (χ4n) is 2.02. The maximum absolute atomic E-state index is 5.15. The van der Waals surface area contributed by atoms with Crippen molar-refractivity contribution in [2.75, 3.05) is 33.4 Å². The third kappa shape index (κ3) is 3.74. The van der Waals surface area contributed by atoms with Gasteiger partial charge in [0.1, 0.15) is 0 Å². The van der Waals surface area contributed by atoms with Crippen molar-refractivity contribution in [2.45, 2.75) is 39.8 Å². The number of hydrogen-bond donors (Lipinski definition) is 1. The van der Waals surface area contributed by atoms with E-state index in [9.17, 15) is 0 Å². The van der Waals surface area contributed by atoms with Gasteiger partial charge in [-0.25, -0.2) is 0 Å². The Labute approximate surface area is 94.2 Å². The van der Waals surface area contributed by atoms with Crippen LogP contribution in [0, 0.1) is 5.41 Å². The lowest BCUT2D eigenvalue weighted by atomic mass is 9.85. The Morgan fingerprint density at radius 1 is 1.40 bits per heavy atom. The van der Waals surface area contributed by atoms with Crippen molar-refractivity contribution in [2.24, 2.45) is 5.41 Å². The molecule has 0 bridgehead atoms. The van der Waals surface area contributed by atoms with Gasteiger partial charge in [0, 0.05) is 38.8 Å². The van der Waals surface area contributed by atoms with Crippen molar-refractivity contribution in [3.8, 4) is 0 Å². The number of ether oxygens (including phenoxy) is 1. The molecule has 0 aromatic carbocycles. The Kier molecular flexibility index (Phi) is 4.56. The van der Waals surface area contributed by atoms with E-state index in [1.807, 2.05) is 0 Å². The average molecular weight is 214 g/mol. The maximum atomic E-state index is 5.15. The molecule has 0 saturated carbocycles. The minimum atomic E-state index is 0.339. The monoisotopic (exact) mass is 214 g/mol. The van der Waals surface area contributed by atoms with Gasteiger partial charge in [-0.05, 0) is 12.3 Å². The third-order valence-electron chi connectivity index (χ3n) is 3.33. The van der Waals surface area contributed by atoms with Crippen LogP contribution in [-0.2, 0) is 4.74 Å². The molecule has 1 heterocycles. The maximum Gasteiger partial charge on any atom is 0.0589 e. The Bertz CT molecular complexity index is 189. The molecule has 1 fully saturated rings. The second-order valence-corrected chi connectivity index (χ2v) is 5.66. The van der Waals surface area contributed by atoms with Crippen LogP contribution in [0.25, 0.3) is 0 Å². The molecule has 90 valence electrons. The Morgan fingerprint density at radius 2 is 2.07 bits per heavy atom. The molecular weight excluding hydrogens is 188 g/mol. The van der Waals surface area contributed by atoms with Gasteiger partial charge in [0.2, 0.25) is 0 Å². The van der Waals surface area contributed by atoms with E-state index in [1.165, 1.54) is 0 Å². The molecule has 0 radical (unpaired) electrons. The topological polar surface area (TPSA) is 24.5 Å². The molecular formula is C12H26N2O. The Morgan fingerprint density at radius 3 is 2.60 bits per heavy atom. The van der Waals surface area contributed by atoms with E-state index in [0.29, 0.717) is 17.5 Å². The van der Waals surface area contributed by atoms with Gasteiger partial charge >= 0.3 is 0 Å². The molecule has 1 rings (SSSR count). The normalized spacial score (nSPS) is 29.4. The zero-order valence-corrected chi connectivity index (χ0v) is 10.8. The van der Waals surface area contributed by atoms with Crippen molar-refractivity contribution >= 4 is 0 Å². The Hall–Kier alpha value is -0.120. The predicted octanol–water partition coefficient (Wildman–Crippen LogP) is 1.34. The Balaban J connectivity index is 2.48. The summed E-state index contributed by atoms with van der Waals surface area (Å²) in [4.78, 5) is 2.52. The van der Waals surface area contributed by atoms with Crippen molar-refractivity contribution in [3.63, 3.8) is 0 Å². The third-order valence-corrected chi connectivity index (χ3v) is 3.33. The van der Waals surface area contributed by atoms with E-state index in [4.69, 9.17) is 4.74 Å². The van der Waals surface area contributed by atoms with E-state index in [0.717, 1.165) is 26.2 Å². The van der Waals surface area contributed by atoms with Crippen LogP contribution >= 0.6 is 0 Å². The van der Waals surface area contributed by atoms with E-state index >= 15 is 0 Å². The van der Waals surface area contributed by atoms with Crippen LogP contribution < -0.4 is 5.32 Å². The molecule has 3 heteroatoms. The van der Waals surface area contributed by atoms with Gasteiger partial charge < -0.3 is 10.1 Å². The van der Waals surface area contributed by atoms with Crippen molar-refractivity contribution in [1.82, 2.24) is 10.2 Å². The molecule has 15 heavy (non-hydrogen) atoms. The summed E-state index contributed by atoms with van der Waals surface area (Å²) in [6, 6.07) is 1.21. The largest absolute Gasteiger partial charge is 0.383 e. The molecule has 0 aromatic rings. The van der Waals surface area contributed by atoms with E-state index in [2.05, 4.69) is 37.9 Å². The first kappa shape index (κ1) is 12.9. The summed E-state index contributed by atoms with van der Waals surface area (Å²) < 4.78 is 5.15. The van der Waals surface area contributed by atoms with E-state index < -0.39 is 0 Å². The average Bonchev–Trinajstić information content (AvgIpc) is 2.15. The van der Waals surface area contributed by atoms with Crippen LogP contribution in [0.4, 0.5) is 0 Å². The fourth-order valence-corrected chi connectivity index (χ4v) is 2.02. The number of nitrogens with one attached hydrogen (secondary N) is 1. The zero-order chi connectivity index (χ0) is 11.5. The lowest BCUT2D eigenvalue weighted by Gasteiger charge is -2.43. The van der Waals surface area contributed by atoms with Gasteiger partial charge in [-0.1, -0.05) is 20.8 Å². The van der Waals surface area contributed by atoms with Gasteiger partial charge in [-0.3, -0.25) is 4.90 Å². The number of methoxy groups -OCH3 is 1. The molecule has 0 aromatic heterocycles. The summed E-state index contributed by atoms with van der Waals surface area (Å²) in [5, 5.41) is 3.63. The molecule has 1 aliphatic heterocycles. The zero-order valence-electron chi connectivity index (χ0n) is 10.8. The molecule has 0 aliphatic carbocycles. The summed E-state index contributed by atoms with van der Waals surface area (Å²) in [6.07, 6.45) is 0. The van der Waals surface area contributed by atoms with Gasteiger partial charge in [0.15, 0.2) is 0 Å². The van der Waals surface area contributed by atoms with Gasteiger partial charge in [-0.15, -0.1) is 0 Å². The minimum Gasteiger partial charge on any atom is -0.383 e. The minimum absolute atomic E-state index is 0.339. The lowest BCUT2D eigenvalue weighted by Crippen LogP contribution is -2.59. The highest BCUT2D eigenvalue weighted by molar-refractivity contribution is 4.90. The first-order valence-corrected chi connectivity index (χ1v) is 5.91. The highest BCUT2D eigenvalue weighted by Gasteiger charge is 2.31. The molecule has 1 saturated heterocycles. The molecule has 2 unspecified atom stereocenters. The van der Waals surface area contributed by atoms with Gasteiger partial charge in [-0.2, -0.15) is 0 Å². The molecule has 0 amide bonds. The van der Waals surface area contributed by atoms with Crippen LogP contribution in [0.3, 0.4) is 0 Å². The van der Waals surface area contributed by atoms with Crippen LogP contribution in [0.2, 0.25) is 0 Å². The predicted molar refractivity (Wildman–Crippen MR) is 64.2 cm³/mol. The number of hydrogen-bond acceptors (Lipinski definition) is 3. The second kappa shape index (κ2) is 5.28. The van der Waals surface area contributed by atoms with Gasteiger partial charge in [0.25, 0.3) is 0 Å². The van der Waals surface area contributed by atoms with Crippen LogP contribution in [0.1, 0.15) is 27.7 Å². The van der Waals surface area contributed by atoms with Crippen LogP contribution in [0.15, 0.2) is 0 Å². The fraction of sp³-hybridized carbons (Fsp3) is 1.00. The summed E-state index contributed by atoms with van der Waals surface area (Å²) >= 11 is 0. The summed E-state index contributed by atoms with van der Waals surface area (Å²) in [5.41, 5.74) is 0.339. The molecule has 1 N–H and O–H groups in total. The SMILES string of the molecule is COCCN1CC(C(C)(C)C)NCC1C. The standard InChI is InChI=1S/C12H26N2O/c1-10-8-13-11(12(2,3)4)9-14(10)6-7-15-5/h10-11,13H,6-9H2,1-5H3. The number of piperazine rings is 1. The van der Waals surface area contributed by atoms with E-state index in [1.54, 1.807) is 7.11 Å². The molecule has 2 atom stereocenters. The van der Waals surface area contributed by atoms with Crippen LogP contribution in [-0.4, -0.2) is 50.3 Å². The quantitative estimate of drug-likeness (QED) is 0.767. The highest BCUT2D eigenvalue weighted by Crippen LogP contribution is 2.23. The van der Waals surface area contributed by atoms with Crippen molar-refractivity contribution in [1.29, 1.82) is 0 Å². The first-order valence-electron chi connectivity index (χ1n) is 5.91. The molecule has 3 nitrogen and oxygen atoms in total. The van der Waals surface area contributed by atoms with Crippen molar-refractivity contribution in [3.05, 3.63) is 0 Å². The summed E-state index contributed by atoms with van der Waals surface area (Å²) in [6.45, 7) is 13.3. The summed E-state index contributed by atoms with van der Waals surface area (Å²) in [5.74, 6) is 0. The first-order chi connectivity index (χ1) is 6.95. The highest BCUT2D eigenvalue weighted by atomic mass is 16.5. The summed E-state index contributed by atoms with van der Waals surface area (Å²) in [7, 11) is 1.77.